The Hall–Kier alpha value is -0.670. The summed E-state index contributed by atoms with van der Waals surface area (Å²) in [7, 11) is 1.81. The normalized spacial score (nSPS) is 20.3. The standard InChI is InChI=1S/C16H22Cl2N2O/c1-19-14(10-13(17)15(19)18)16(21)20(11-6-2-3-7-11)12-8-4-5-9-12/h10-12H,2-9H2,1H3. The van der Waals surface area contributed by atoms with Crippen LogP contribution >= 0.6 is 23.2 Å². The molecule has 0 bridgehead atoms. The Morgan fingerprint density at radius 1 is 1.10 bits per heavy atom. The summed E-state index contributed by atoms with van der Waals surface area (Å²) in [5.74, 6) is 0.102. The van der Waals surface area contributed by atoms with Gasteiger partial charge in [-0.25, -0.2) is 0 Å². The van der Waals surface area contributed by atoms with Crippen LogP contribution < -0.4 is 0 Å². The average molecular weight is 329 g/mol. The molecule has 0 radical (unpaired) electrons. The van der Waals surface area contributed by atoms with Crippen molar-refractivity contribution in [3.8, 4) is 0 Å². The van der Waals surface area contributed by atoms with E-state index >= 15 is 0 Å². The highest BCUT2D eigenvalue weighted by atomic mass is 35.5. The maximum Gasteiger partial charge on any atom is 0.271 e. The summed E-state index contributed by atoms with van der Waals surface area (Å²) in [4.78, 5) is 15.2. The van der Waals surface area contributed by atoms with Crippen molar-refractivity contribution in [2.45, 2.75) is 63.5 Å². The van der Waals surface area contributed by atoms with Crippen molar-refractivity contribution in [3.63, 3.8) is 0 Å². The quantitative estimate of drug-likeness (QED) is 0.792. The minimum Gasteiger partial charge on any atom is -0.331 e. The largest absolute Gasteiger partial charge is 0.331 e. The van der Waals surface area contributed by atoms with Gasteiger partial charge in [-0.05, 0) is 31.7 Å². The highest BCUT2D eigenvalue weighted by Crippen LogP contribution is 2.34. The van der Waals surface area contributed by atoms with E-state index in [2.05, 4.69) is 4.90 Å². The summed E-state index contributed by atoms with van der Waals surface area (Å²) in [6.45, 7) is 0. The van der Waals surface area contributed by atoms with Crippen LogP contribution in [0, 0.1) is 0 Å². The van der Waals surface area contributed by atoms with Gasteiger partial charge in [-0.2, -0.15) is 0 Å². The molecule has 0 atom stereocenters. The first-order valence-electron chi connectivity index (χ1n) is 7.93. The number of halogens is 2. The van der Waals surface area contributed by atoms with Gasteiger partial charge in [0.05, 0.1) is 5.02 Å². The monoisotopic (exact) mass is 328 g/mol. The van der Waals surface area contributed by atoms with Crippen LogP contribution in [-0.4, -0.2) is 27.5 Å². The van der Waals surface area contributed by atoms with Gasteiger partial charge in [-0.3, -0.25) is 4.79 Å². The van der Waals surface area contributed by atoms with Crippen LogP contribution in [0.2, 0.25) is 10.2 Å². The molecular formula is C16H22Cl2N2O. The SMILES string of the molecule is Cn1c(C(=O)N(C2CCCC2)C2CCCC2)cc(Cl)c1Cl. The van der Waals surface area contributed by atoms with Gasteiger partial charge in [0.1, 0.15) is 10.8 Å². The number of amides is 1. The Morgan fingerprint density at radius 2 is 1.57 bits per heavy atom. The molecule has 116 valence electrons. The van der Waals surface area contributed by atoms with E-state index in [1.807, 2.05) is 7.05 Å². The van der Waals surface area contributed by atoms with Crippen LogP contribution in [0.5, 0.6) is 0 Å². The van der Waals surface area contributed by atoms with E-state index in [-0.39, 0.29) is 5.91 Å². The zero-order valence-corrected chi connectivity index (χ0v) is 14.0. The Morgan fingerprint density at radius 3 is 1.95 bits per heavy atom. The maximum atomic E-state index is 13.1. The predicted octanol–water partition coefficient (Wildman–Crippen LogP) is 4.66. The van der Waals surface area contributed by atoms with Crippen LogP contribution in [0.4, 0.5) is 0 Å². The second kappa shape index (κ2) is 6.21. The Kier molecular flexibility index (Phi) is 4.51. The average Bonchev–Trinajstić information content (AvgIpc) is 3.19. The number of aromatic nitrogens is 1. The minimum atomic E-state index is 0.102. The highest BCUT2D eigenvalue weighted by Gasteiger charge is 2.35. The predicted molar refractivity (Wildman–Crippen MR) is 86.1 cm³/mol. The fraction of sp³-hybridized carbons (Fsp3) is 0.688. The van der Waals surface area contributed by atoms with Gasteiger partial charge in [0, 0.05) is 19.1 Å². The molecule has 2 fully saturated rings. The van der Waals surface area contributed by atoms with Gasteiger partial charge in [0.25, 0.3) is 5.91 Å². The number of nitrogens with zero attached hydrogens (tertiary/aromatic N) is 2. The van der Waals surface area contributed by atoms with Crippen molar-refractivity contribution in [1.29, 1.82) is 0 Å². The van der Waals surface area contributed by atoms with E-state index < -0.39 is 0 Å². The van der Waals surface area contributed by atoms with Crippen molar-refractivity contribution in [3.05, 3.63) is 21.9 Å². The number of hydrogen-bond donors (Lipinski definition) is 0. The molecule has 0 unspecified atom stereocenters. The maximum absolute atomic E-state index is 13.1. The summed E-state index contributed by atoms with van der Waals surface area (Å²) in [6.07, 6.45) is 9.46. The number of carbonyl (C=O) groups excluding carboxylic acids is 1. The van der Waals surface area contributed by atoms with E-state index in [9.17, 15) is 4.79 Å². The molecule has 5 heteroatoms. The van der Waals surface area contributed by atoms with Crippen LogP contribution in [0.1, 0.15) is 61.9 Å². The molecule has 1 heterocycles. The number of rotatable bonds is 3. The van der Waals surface area contributed by atoms with Crippen molar-refractivity contribution in [1.82, 2.24) is 9.47 Å². The lowest BCUT2D eigenvalue weighted by Crippen LogP contribution is -2.45. The molecule has 0 spiro atoms. The second-order valence-corrected chi connectivity index (χ2v) is 7.08. The van der Waals surface area contributed by atoms with Gasteiger partial charge >= 0.3 is 0 Å². The van der Waals surface area contributed by atoms with Crippen LogP contribution in [0.15, 0.2) is 6.07 Å². The highest BCUT2D eigenvalue weighted by molar-refractivity contribution is 6.41. The second-order valence-electron chi connectivity index (χ2n) is 6.32. The van der Waals surface area contributed by atoms with E-state index in [0.717, 1.165) is 25.7 Å². The molecule has 21 heavy (non-hydrogen) atoms. The molecule has 3 rings (SSSR count). The zero-order valence-electron chi connectivity index (χ0n) is 12.4. The van der Waals surface area contributed by atoms with Crippen LogP contribution in [0.3, 0.4) is 0 Å². The third-order valence-corrected chi connectivity index (χ3v) is 5.85. The molecule has 1 aromatic rings. The molecule has 0 N–H and O–H groups in total. The fourth-order valence-electron chi connectivity index (χ4n) is 3.87. The molecule has 2 aliphatic rings. The minimum absolute atomic E-state index is 0.102. The van der Waals surface area contributed by atoms with Gasteiger partial charge in [-0.15, -0.1) is 0 Å². The zero-order chi connectivity index (χ0) is 15.0. The smallest absolute Gasteiger partial charge is 0.271 e. The third-order valence-electron chi connectivity index (χ3n) is 5.01. The first-order chi connectivity index (χ1) is 10.1. The summed E-state index contributed by atoms with van der Waals surface area (Å²) < 4.78 is 1.71. The molecule has 0 aromatic carbocycles. The van der Waals surface area contributed by atoms with Gasteiger partial charge in [0.15, 0.2) is 0 Å². The van der Waals surface area contributed by atoms with Gasteiger partial charge < -0.3 is 9.47 Å². The van der Waals surface area contributed by atoms with Crippen molar-refractivity contribution in [2.75, 3.05) is 0 Å². The Labute approximate surface area is 136 Å². The van der Waals surface area contributed by atoms with Gasteiger partial charge in [-0.1, -0.05) is 48.9 Å². The van der Waals surface area contributed by atoms with E-state index in [1.165, 1.54) is 25.7 Å². The van der Waals surface area contributed by atoms with Crippen LogP contribution in [-0.2, 0) is 7.05 Å². The molecule has 2 aliphatic carbocycles. The van der Waals surface area contributed by atoms with E-state index in [1.54, 1.807) is 10.6 Å². The lowest BCUT2D eigenvalue weighted by molar-refractivity contribution is 0.0570. The number of hydrogen-bond acceptors (Lipinski definition) is 1. The summed E-state index contributed by atoms with van der Waals surface area (Å²) >= 11 is 12.2. The molecule has 0 saturated heterocycles. The fourth-order valence-corrected chi connectivity index (χ4v) is 4.25. The first kappa shape index (κ1) is 15.2. The molecule has 0 aliphatic heterocycles. The first-order valence-corrected chi connectivity index (χ1v) is 8.68. The molecule has 2 saturated carbocycles. The lowest BCUT2D eigenvalue weighted by Gasteiger charge is -2.34. The van der Waals surface area contributed by atoms with Crippen molar-refractivity contribution >= 4 is 29.1 Å². The topological polar surface area (TPSA) is 25.2 Å². The Balaban J connectivity index is 1.90. The van der Waals surface area contributed by atoms with E-state index in [4.69, 9.17) is 23.2 Å². The third kappa shape index (κ3) is 2.83. The van der Waals surface area contributed by atoms with E-state index in [0.29, 0.717) is 28.0 Å². The van der Waals surface area contributed by atoms with Crippen LogP contribution in [0.25, 0.3) is 0 Å². The molecule has 1 amide bonds. The molecule has 1 aromatic heterocycles. The van der Waals surface area contributed by atoms with Crippen molar-refractivity contribution < 1.29 is 4.79 Å². The lowest BCUT2D eigenvalue weighted by atomic mass is 10.1. The Bertz CT molecular complexity index is 513. The number of carbonyl (C=O) groups is 1. The summed E-state index contributed by atoms with van der Waals surface area (Å²) in [5, 5.41) is 0.901. The van der Waals surface area contributed by atoms with Gasteiger partial charge in [0.2, 0.25) is 0 Å². The van der Waals surface area contributed by atoms with Crippen molar-refractivity contribution in [2.24, 2.45) is 7.05 Å². The molecule has 3 nitrogen and oxygen atoms in total. The summed E-state index contributed by atoms with van der Waals surface area (Å²) in [5.41, 5.74) is 0.615. The summed E-state index contributed by atoms with van der Waals surface area (Å²) in [6, 6.07) is 2.50. The molecular weight excluding hydrogens is 307 g/mol.